The highest BCUT2D eigenvalue weighted by atomic mass is 16.3. The molecule has 23 heavy (non-hydrogen) atoms. The summed E-state index contributed by atoms with van der Waals surface area (Å²) in [6.45, 7) is 1.08. The first-order valence-corrected chi connectivity index (χ1v) is 7.46. The quantitative estimate of drug-likeness (QED) is 0.858. The standard InChI is InChI=1S/C17H17N3O3/c21-16(6-5-15-3-2-8-23-15)19-11-13-9-14(12-18-10-13)20-7-1-4-17(20)22/h2-3,5-6,8-10,12H,1,4,7,11H2,(H,19,21)/b6-5+. The first kappa shape index (κ1) is 15.0. The Morgan fingerprint density at radius 1 is 1.43 bits per heavy atom. The van der Waals surface area contributed by atoms with Crippen molar-refractivity contribution in [2.24, 2.45) is 0 Å². The van der Waals surface area contributed by atoms with Crippen LogP contribution >= 0.6 is 0 Å². The van der Waals surface area contributed by atoms with Gasteiger partial charge in [0.05, 0.1) is 18.1 Å². The molecule has 0 bridgehead atoms. The number of carbonyl (C=O) groups excluding carboxylic acids is 2. The van der Waals surface area contributed by atoms with Crippen molar-refractivity contribution < 1.29 is 14.0 Å². The third-order valence-corrected chi connectivity index (χ3v) is 3.57. The molecule has 2 amide bonds. The van der Waals surface area contributed by atoms with Gasteiger partial charge in [0.25, 0.3) is 0 Å². The number of hydrogen-bond donors (Lipinski definition) is 1. The second-order valence-corrected chi connectivity index (χ2v) is 5.27. The van der Waals surface area contributed by atoms with E-state index in [2.05, 4.69) is 10.3 Å². The molecule has 3 heterocycles. The van der Waals surface area contributed by atoms with Gasteiger partial charge in [-0.2, -0.15) is 0 Å². The first-order chi connectivity index (χ1) is 11.2. The van der Waals surface area contributed by atoms with Crippen LogP contribution in [-0.4, -0.2) is 23.3 Å². The van der Waals surface area contributed by atoms with E-state index >= 15 is 0 Å². The lowest BCUT2D eigenvalue weighted by atomic mass is 10.2. The maximum Gasteiger partial charge on any atom is 0.244 e. The van der Waals surface area contributed by atoms with Crippen LogP contribution in [0.25, 0.3) is 6.08 Å². The smallest absolute Gasteiger partial charge is 0.244 e. The summed E-state index contributed by atoms with van der Waals surface area (Å²) in [6, 6.07) is 5.41. The van der Waals surface area contributed by atoms with Crippen molar-refractivity contribution in [1.82, 2.24) is 10.3 Å². The fourth-order valence-corrected chi connectivity index (χ4v) is 2.43. The summed E-state index contributed by atoms with van der Waals surface area (Å²) in [5.74, 6) is 0.523. The average Bonchev–Trinajstić information content (AvgIpc) is 3.22. The van der Waals surface area contributed by atoms with Crippen LogP contribution in [0.1, 0.15) is 24.2 Å². The van der Waals surface area contributed by atoms with Gasteiger partial charge >= 0.3 is 0 Å². The van der Waals surface area contributed by atoms with Crippen molar-refractivity contribution in [3.8, 4) is 0 Å². The van der Waals surface area contributed by atoms with E-state index in [1.54, 1.807) is 41.8 Å². The molecule has 1 aliphatic rings. The number of aromatic nitrogens is 1. The van der Waals surface area contributed by atoms with E-state index in [0.717, 1.165) is 24.2 Å². The van der Waals surface area contributed by atoms with Crippen LogP contribution in [0, 0.1) is 0 Å². The van der Waals surface area contributed by atoms with Crippen molar-refractivity contribution in [2.45, 2.75) is 19.4 Å². The molecule has 1 saturated heterocycles. The van der Waals surface area contributed by atoms with Crippen LogP contribution in [0.5, 0.6) is 0 Å². The number of nitrogens with one attached hydrogen (secondary N) is 1. The molecular weight excluding hydrogens is 294 g/mol. The van der Waals surface area contributed by atoms with Gasteiger partial charge < -0.3 is 14.6 Å². The minimum absolute atomic E-state index is 0.120. The highest BCUT2D eigenvalue weighted by Gasteiger charge is 2.21. The third-order valence-electron chi connectivity index (χ3n) is 3.57. The normalized spacial score (nSPS) is 14.6. The molecule has 0 radical (unpaired) electrons. The Kier molecular flexibility index (Phi) is 4.52. The molecule has 2 aromatic rings. The molecular formula is C17H17N3O3. The summed E-state index contributed by atoms with van der Waals surface area (Å²) in [5, 5.41) is 2.78. The molecule has 0 aromatic carbocycles. The van der Waals surface area contributed by atoms with Gasteiger partial charge in [0.2, 0.25) is 11.8 Å². The van der Waals surface area contributed by atoms with E-state index < -0.39 is 0 Å². The van der Waals surface area contributed by atoms with Gasteiger partial charge in [-0.15, -0.1) is 0 Å². The van der Waals surface area contributed by atoms with Crippen LogP contribution < -0.4 is 10.2 Å². The molecule has 6 nitrogen and oxygen atoms in total. The number of amides is 2. The zero-order valence-corrected chi connectivity index (χ0v) is 12.6. The zero-order valence-electron chi connectivity index (χ0n) is 12.6. The maximum absolute atomic E-state index is 11.8. The number of anilines is 1. The van der Waals surface area contributed by atoms with Crippen molar-refractivity contribution in [2.75, 3.05) is 11.4 Å². The van der Waals surface area contributed by atoms with Crippen molar-refractivity contribution in [1.29, 1.82) is 0 Å². The van der Waals surface area contributed by atoms with Crippen molar-refractivity contribution >= 4 is 23.6 Å². The Hall–Kier alpha value is -2.89. The van der Waals surface area contributed by atoms with Gasteiger partial charge in [0.15, 0.2) is 0 Å². The number of rotatable bonds is 5. The van der Waals surface area contributed by atoms with E-state index in [9.17, 15) is 9.59 Å². The highest BCUT2D eigenvalue weighted by molar-refractivity contribution is 5.95. The average molecular weight is 311 g/mol. The molecule has 0 spiro atoms. The Labute approximate surface area is 133 Å². The lowest BCUT2D eigenvalue weighted by Crippen LogP contribution is -2.24. The largest absolute Gasteiger partial charge is 0.465 e. The molecule has 1 aliphatic heterocycles. The lowest BCUT2D eigenvalue weighted by molar-refractivity contribution is -0.117. The van der Waals surface area contributed by atoms with Crippen LogP contribution in [0.15, 0.2) is 47.3 Å². The summed E-state index contributed by atoms with van der Waals surface area (Å²) < 4.78 is 5.12. The molecule has 6 heteroatoms. The molecule has 0 unspecified atom stereocenters. The maximum atomic E-state index is 11.8. The number of carbonyl (C=O) groups is 2. The van der Waals surface area contributed by atoms with Crippen LogP contribution in [0.3, 0.4) is 0 Å². The topological polar surface area (TPSA) is 75.4 Å². The highest BCUT2D eigenvalue weighted by Crippen LogP contribution is 2.21. The third kappa shape index (κ3) is 3.85. The second kappa shape index (κ2) is 6.91. The van der Waals surface area contributed by atoms with Crippen molar-refractivity contribution in [3.63, 3.8) is 0 Å². The monoisotopic (exact) mass is 311 g/mol. The van der Waals surface area contributed by atoms with E-state index in [0.29, 0.717) is 18.7 Å². The lowest BCUT2D eigenvalue weighted by Gasteiger charge is -2.16. The van der Waals surface area contributed by atoms with Gasteiger partial charge in [-0.05, 0) is 36.3 Å². The summed E-state index contributed by atoms with van der Waals surface area (Å²) in [4.78, 5) is 29.4. The first-order valence-electron chi connectivity index (χ1n) is 7.46. The van der Waals surface area contributed by atoms with E-state index in [1.165, 1.54) is 6.08 Å². The Morgan fingerprint density at radius 2 is 2.35 bits per heavy atom. The summed E-state index contributed by atoms with van der Waals surface area (Å²) in [7, 11) is 0. The van der Waals surface area contributed by atoms with Gasteiger partial charge in [-0.25, -0.2) is 0 Å². The molecule has 2 aromatic heterocycles. The van der Waals surface area contributed by atoms with Crippen LogP contribution in [-0.2, 0) is 16.1 Å². The molecule has 0 atom stereocenters. The predicted molar refractivity (Wildman–Crippen MR) is 85.4 cm³/mol. The number of hydrogen-bond acceptors (Lipinski definition) is 4. The van der Waals surface area contributed by atoms with Gasteiger partial charge in [0.1, 0.15) is 5.76 Å². The summed E-state index contributed by atoms with van der Waals surface area (Å²) in [6.07, 6.45) is 9.38. The van der Waals surface area contributed by atoms with E-state index in [4.69, 9.17) is 4.42 Å². The minimum Gasteiger partial charge on any atom is -0.465 e. The summed E-state index contributed by atoms with van der Waals surface area (Å²) in [5.41, 5.74) is 1.63. The number of pyridine rings is 1. The fraction of sp³-hybridized carbons (Fsp3) is 0.235. The Morgan fingerprint density at radius 3 is 3.09 bits per heavy atom. The Bertz CT molecular complexity index is 722. The molecule has 0 saturated carbocycles. The van der Waals surface area contributed by atoms with Gasteiger partial charge in [-0.3, -0.25) is 14.6 Å². The van der Waals surface area contributed by atoms with Crippen LogP contribution in [0.2, 0.25) is 0 Å². The minimum atomic E-state index is -0.218. The van der Waals surface area contributed by atoms with Gasteiger partial charge in [0, 0.05) is 31.8 Å². The Balaban J connectivity index is 1.58. The second-order valence-electron chi connectivity index (χ2n) is 5.27. The molecule has 0 aliphatic carbocycles. The molecule has 118 valence electrons. The summed E-state index contributed by atoms with van der Waals surface area (Å²) >= 11 is 0. The molecule has 1 fully saturated rings. The van der Waals surface area contributed by atoms with Crippen molar-refractivity contribution in [3.05, 3.63) is 54.3 Å². The molecule has 1 N–H and O–H groups in total. The van der Waals surface area contributed by atoms with E-state index in [-0.39, 0.29) is 11.8 Å². The molecule has 3 rings (SSSR count). The number of furan rings is 1. The fourth-order valence-electron chi connectivity index (χ4n) is 2.43. The SMILES string of the molecule is O=C(/C=C/c1ccco1)NCc1cncc(N2CCCC2=O)c1. The predicted octanol–water partition coefficient (Wildman–Crippen LogP) is 2.13. The van der Waals surface area contributed by atoms with E-state index in [1.807, 2.05) is 6.07 Å². The van der Waals surface area contributed by atoms with Gasteiger partial charge in [-0.1, -0.05) is 0 Å². The number of nitrogens with zero attached hydrogens (tertiary/aromatic N) is 2. The van der Waals surface area contributed by atoms with Crippen LogP contribution in [0.4, 0.5) is 5.69 Å². The zero-order chi connectivity index (χ0) is 16.1.